The van der Waals surface area contributed by atoms with Crippen LogP contribution < -0.4 is 0 Å². The van der Waals surface area contributed by atoms with Gasteiger partial charge in [-0.15, -0.1) is 0 Å². The Morgan fingerprint density at radius 2 is 2.25 bits per heavy atom. The van der Waals surface area contributed by atoms with Gasteiger partial charge in [0.15, 0.2) is 0 Å². The van der Waals surface area contributed by atoms with Gasteiger partial charge in [0.05, 0.1) is 0 Å². The van der Waals surface area contributed by atoms with Crippen molar-refractivity contribution in [3.05, 3.63) is 23.7 Å². The van der Waals surface area contributed by atoms with E-state index in [2.05, 4.69) is 0 Å². The fourth-order valence-electron chi connectivity index (χ4n) is 1.04. The van der Waals surface area contributed by atoms with E-state index < -0.39 is 0 Å². The van der Waals surface area contributed by atoms with E-state index in [1.165, 1.54) is 0 Å². The Balaban J connectivity index is 2.58. The number of rotatable bonds is 3. The lowest BCUT2D eigenvalue weighted by molar-refractivity contribution is -0.120. The van der Waals surface area contributed by atoms with Crippen LogP contribution in [0, 0.1) is 12.8 Å². The highest BCUT2D eigenvalue weighted by Gasteiger charge is 2.10. The number of hydrogen-bond donors (Lipinski definition) is 0. The third kappa shape index (κ3) is 2.22. The van der Waals surface area contributed by atoms with Crippen LogP contribution in [0.1, 0.15) is 25.4 Å². The molecule has 0 aliphatic rings. The van der Waals surface area contributed by atoms with Crippen molar-refractivity contribution in [3.8, 4) is 0 Å². The minimum Gasteiger partial charge on any atom is -0.466 e. The molecule has 1 heterocycles. The maximum Gasteiger partial charge on any atom is 0.133 e. The third-order valence-corrected chi connectivity index (χ3v) is 2.00. The molecule has 0 bridgehead atoms. The zero-order chi connectivity index (χ0) is 9.14. The summed E-state index contributed by atoms with van der Waals surface area (Å²) in [7, 11) is 0. The van der Waals surface area contributed by atoms with Crippen LogP contribution in [-0.2, 0) is 11.2 Å². The summed E-state index contributed by atoms with van der Waals surface area (Å²) in [5.41, 5.74) is 0. The average molecular weight is 166 g/mol. The molecule has 0 aliphatic heterocycles. The molecule has 0 spiro atoms. The topological polar surface area (TPSA) is 30.2 Å². The molecule has 0 saturated carbocycles. The summed E-state index contributed by atoms with van der Waals surface area (Å²) >= 11 is 0. The highest BCUT2D eigenvalue weighted by Crippen LogP contribution is 2.12. The van der Waals surface area contributed by atoms with Crippen molar-refractivity contribution in [2.24, 2.45) is 5.92 Å². The first-order valence-electron chi connectivity index (χ1n) is 4.15. The number of aryl methyl sites for hydroxylation is 1. The first kappa shape index (κ1) is 9.04. The molecule has 0 radical (unpaired) electrons. The van der Waals surface area contributed by atoms with Crippen LogP contribution in [0.25, 0.3) is 0 Å². The Labute approximate surface area is 72.6 Å². The van der Waals surface area contributed by atoms with Crippen LogP contribution in [0.2, 0.25) is 0 Å². The number of furan rings is 1. The van der Waals surface area contributed by atoms with Crippen LogP contribution in [0.5, 0.6) is 0 Å². The molecule has 1 unspecified atom stereocenters. The van der Waals surface area contributed by atoms with E-state index in [0.29, 0.717) is 6.42 Å². The lowest BCUT2D eigenvalue weighted by Gasteiger charge is -2.03. The SMILES string of the molecule is CC(=O)C(C)Cc1ccc(C)o1. The van der Waals surface area contributed by atoms with Gasteiger partial charge in [0.2, 0.25) is 0 Å². The van der Waals surface area contributed by atoms with Crippen molar-refractivity contribution in [3.63, 3.8) is 0 Å². The van der Waals surface area contributed by atoms with Crippen LogP contribution in [-0.4, -0.2) is 5.78 Å². The maximum atomic E-state index is 10.9. The monoisotopic (exact) mass is 166 g/mol. The predicted octanol–water partition coefficient (Wildman–Crippen LogP) is 2.36. The van der Waals surface area contributed by atoms with Gasteiger partial charge in [0, 0.05) is 12.3 Å². The van der Waals surface area contributed by atoms with Gasteiger partial charge in [0.25, 0.3) is 0 Å². The molecular formula is C10H14O2. The van der Waals surface area contributed by atoms with E-state index >= 15 is 0 Å². The second-order valence-electron chi connectivity index (χ2n) is 3.23. The van der Waals surface area contributed by atoms with E-state index in [0.717, 1.165) is 11.5 Å². The largest absolute Gasteiger partial charge is 0.466 e. The Hall–Kier alpha value is -1.05. The first-order valence-corrected chi connectivity index (χ1v) is 4.15. The second kappa shape index (κ2) is 3.57. The molecule has 2 heteroatoms. The van der Waals surface area contributed by atoms with Gasteiger partial charge in [-0.3, -0.25) is 4.79 Å². The van der Waals surface area contributed by atoms with Gasteiger partial charge in [-0.05, 0) is 26.0 Å². The summed E-state index contributed by atoms with van der Waals surface area (Å²) in [6.45, 7) is 5.43. The zero-order valence-electron chi connectivity index (χ0n) is 7.76. The number of carbonyl (C=O) groups excluding carboxylic acids is 1. The van der Waals surface area contributed by atoms with E-state index in [1.807, 2.05) is 26.0 Å². The molecule has 1 atom stereocenters. The molecule has 12 heavy (non-hydrogen) atoms. The van der Waals surface area contributed by atoms with Gasteiger partial charge >= 0.3 is 0 Å². The van der Waals surface area contributed by atoms with Gasteiger partial charge in [0.1, 0.15) is 17.3 Å². The van der Waals surface area contributed by atoms with Crippen molar-refractivity contribution in [1.82, 2.24) is 0 Å². The number of carbonyl (C=O) groups is 1. The molecular weight excluding hydrogens is 152 g/mol. The molecule has 1 aromatic rings. The molecule has 66 valence electrons. The Kier molecular flexibility index (Phi) is 2.69. The van der Waals surface area contributed by atoms with Gasteiger partial charge < -0.3 is 4.42 Å². The maximum absolute atomic E-state index is 10.9. The zero-order valence-corrected chi connectivity index (χ0v) is 7.76. The van der Waals surface area contributed by atoms with E-state index in [1.54, 1.807) is 6.92 Å². The summed E-state index contributed by atoms with van der Waals surface area (Å²) < 4.78 is 5.35. The summed E-state index contributed by atoms with van der Waals surface area (Å²) in [5, 5.41) is 0. The predicted molar refractivity (Wildman–Crippen MR) is 47.0 cm³/mol. The molecule has 1 rings (SSSR count). The molecule has 0 aliphatic carbocycles. The molecule has 0 aromatic carbocycles. The highest BCUT2D eigenvalue weighted by atomic mass is 16.3. The molecule has 0 fully saturated rings. The van der Waals surface area contributed by atoms with Gasteiger partial charge in [-0.25, -0.2) is 0 Å². The van der Waals surface area contributed by atoms with Crippen molar-refractivity contribution < 1.29 is 9.21 Å². The summed E-state index contributed by atoms with van der Waals surface area (Å²) in [4.78, 5) is 10.9. The normalized spacial score (nSPS) is 12.9. The molecule has 2 nitrogen and oxygen atoms in total. The minimum absolute atomic E-state index is 0.0653. The fourth-order valence-corrected chi connectivity index (χ4v) is 1.04. The second-order valence-corrected chi connectivity index (χ2v) is 3.23. The van der Waals surface area contributed by atoms with Crippen LogP contribution in [0.15, 0.2) is 16.5 Å². The van der Waals surface area contributed by atoms with E-state index in [9.17, 15) is 4.79 Å². The number of hydrogen-bond acceptors (Lipinski definition) is 2. The van der Waals surface area contributed by atoms with E-state index in [4.69, 9.17) is 4.42 Å². The lowest BCUT2D eigenvalue weighted by Crippen LogP contribution is -2.08. The van der Waals surface area contributed by atoms with Gasteiger partial charge in [-0.1, -0.05) is 6.92 Å². The quantitative estimate of drug-likeness (QED) is 0.690. The highest BCUT2D eigenvalue weighted by molar-refractivity contribution is 5.78. The van der Waals surface area contributed by atoms with Crippen LogP contribution >= 0.6 is 0 Å². The van der Waals surface area contributed by atoms with Crippen molar-refractivity contribution in [2.45, 2.75) is 27.2 Å². The average Bonchev–Trinajstić information content (AvgIpc) is 2.35. The van der Waals surface area contributed by atoms with Crippen molar-refractivity contribution >= 4 is 5.78 Å². The third-order valence-electron chi connectivity index (χ3n) is 2.00. The summed E-state index contributed by atoms with van der Waals surface area (Å²) in [6, 6.07) is 3.84. The van der Waals surface area contributed by atoms with Crippen molar-refractivity contribution in [1.29, 1.82) is 0 Å². The lowest BCUT2D eigenvalue weighted by atomic mass is 10.0. The summed E-state index contributed by atoms with van der Waals surface area (Å²) in [5.74, 6) is 2.08. The molecule has 1 aromatic heterocycles. The molecule has 0 saturated heterocycles. The molecule has 0 amide bonds. The van der Waals surface area contributed by atoms with Crippen LogP contribution in [0.4, 0.5) is 0 Å². The molecule has 0 N–H and O–H groups in total. The fraction of sp³-hybridized carbons (Fsp3) is 0.500. The number of Topliss-reactive ketones (excluding diaryl/α,β-unsaturated/α-hetero) is 1. The number of ketones is 1. The Morgan fingerprint density at radius 1 is 1.58 bits per heavy atom. The minimum atomic E-state index is 0.0653. The summed E-state index contributed by atoms with van der Waals surface area (Å²) in [6.07, 6.45) is 0.711. The van der Waals surface area contributed by atoms with Gasteiger partial charge in [-0.2, -0.15) is 0 Å². The standard InChI is InChI=1S/C10H14O2/c1-7(9(3)11)6-10-5-4-8(2)12-10/h4-5,7H,6H2,1-3H3. The Morgan fingerprint density at radius 3 is 2.67 bits per heavy atom. The van der Waals surface area contributed by atoms with E-state index in [-0.39, 0.29) is 11.7 Å². The van der Waals surface area contributed by atoms with Crippen molar-refractivity contribution in [2.75, 3.05) is 0 Å². The Bertz CT molecular complexity index is 273. The smallest absolute Gasteiger partial charge is 0.133 e. The first-order chi connectivity index (χ1) is 5.59. The van der Waals surface area contributed by atoms with Crippen LogP contribution in [0.3, 0.4) is 0 Å².